The maximum Gasteiger partial charge on any atom is 0.225 e. The summed E-state index contributed by atoms with van der Waals surface area (Å²) in [6, 6.07) is 2.87. The number of carbonyl (C=O) groups excluding carboxylic acids is 1. The summed E-state index contributed by atoms with van der Waals surface area (Å²) in [4.78, 5) is 13.8. The number of halogens is 2. The highest BCUT2D eigenvalue weighted by Gasteiger charge is 2.32. The molecule has 3 nitrogen and oxygen atoms in total. The second kappa shape index (κ2) is 5.87. The van der Waals surface area contributed by atoms with Gasteiger partial charge in [-0.15, -0.1) is 0 Å². The molecule has 5 heteroatoms. The molecule has 0 heterocycles. The van der Waals surface area contributed by atoms with E-state index in [2.05, 4.69) is 0 Å². The van der Waals surface area contributed by atoms with Gasteiger partial charge >= 0.3 is 0 Å². The van der Waals surface area contributed by atoms with Crippen molar-refractivity contribution >= 4 is 5.91 Å². The van der Waals surface area contributed by atoms with Gasteiger partial charge in [0.2, 0.25) is 5.91 Å². The number of hydrogen-bond acceptors (Lipinski definition) is 2. The van der Waals surface area contributed by atoms with Crippen molar-refractivity contribution in [2.75, 3.05) is 7.05 Å². The summed E-state index contributed by atoms with van der Waals surface area (Å²) >= 11 is 0. The topological polar surface area (TPSA) is 46.3 Å². The Morgan fingerprint density at radius 3 is 2.70 bits per heavy atom. The summed E-state index contributed by atoms with van der Waals surface area (Å²) in [6.07, 6.45) is 2.27. The molecule has 0 aliphatic heterocycles. The van der Waals surface area contributed by atoms with Crippen molar-refractivity contribution in [1.82, 2.24) is 4.90 Å². The van der Waals surface area contributed by atoms with Crippen LogP contribution >= 0.6 is 0 Å². The van der Waals surface area contributed by atoms with Gasteiger partial charge < -0.3 is 10.6 Å². The van der Waals surface area contributed by atoms with Crippen LogP contribution in [-0.2, 0) is 4.79 Å². The van der Waals surface area contributed by atoms with Crippen molar-refractivity contribution in [2.24, 2.45) is 11.7 Å². The molecule has 0 aromatic heterocycles. The second-order valence-electron chi connectivity index (χ2n) is 5.56. The Kier molecular flexibility index (Phi) is 4.38. The first kappa shape index (κ1) is 14.9. The minimum absolute atomic E-state index is 0.0471. The summed E-state index contributed by atoms with van der Waals surface area (Å²) in [7, 11) is 1.63. The lowest BCUT2D eigenvalue weighted by atomic mass is 10.0. The third-order valence-corrected chi connectivity index (χ3v) is 4.16. The molecule has 110 valence electrons. The molecule has 0 spiro atoms. The predicted molar refractivity (Wildman–Crippen MR) is 72.9 cm³/mol. The average molecular weight is 282 g/mol. The maximum atomic E-state index is 13.8. The highest BCUT2D eigenvalue weighted by molar-refractivity contribution is 5.79. The summed E-state index contributed by atoms with van der Waals surface area (Å²) < 4.78 is 27.0. The lowest BCUT2D eigenvalue weighted by molar-refractivity contribution is -0.136. The number of benzene rings is 1. The summed E-state index contributed by atoms with van der Waals surface area (Å²) in [5.41, 5.74) is 6.01. The Morgan fingerprint density at radius 1 is 1.40 bits per heavy atom. The summed E-state index contributed by atoms with van der Waals surface area (Å²) in [5, 5.41) is 0. The molecule has 0 radical (unpaired) electrons. The molecule has 1 fully saturated rings. The van der Waals surface area contributed by atoms with E-state index in [9.17, 15) is 13.6 Å². The molecule has 2 rings (SSSR count). The van der Waals surface area contributed by atoms with E-state index in [1.807, 2.05) is 0 Å². The molecule has 3 atom stereocenters. The van der Waals surface area contributed by atoms with Gasteiger partial charge in [0, 0.05) is 24.6 Å². The molecule has 1 amide bonds. The standard InChI is InChI=1S/C15H20F2N2O/c1-9(13-8-11(16)4-6-14(13)17)19(2)15(20)10-3-5-12(18)7-10/h4,6,8-10,12H,3,5,7,18H2,1-2H3/t9-,10-,12-/m1/s1. The number of hydrogen-bond donors (Lipinski definition) is 1. The van der Waals surface area contributed by atoms with Crippen LogP contribution in [0.3, 0.4) is 0 Å². The SMILES string of the molecule is C[C@H](c1cc(F)ccc1F)N(C)C(=O)[C@@H]1CC[C@@H](N)C1. The van der Waals surface area contributed by atoms with E-state index in [0.29, 0.717) is 6.42 Å². The van der Waals surface area contributed by atoms with Crippen molar-refractivity contribution in [2.45, 2.75) is 38.3 Å². The number of amides is 1. The Hall–Kier alpha value is -1.49. The van der Waals surface area contributed by atoms with E-state index in [1.54, 1.807) is 14.0 Å². The number of nitrogens with zero attached hydrogens (tertiary/aromatic N) is 1. The highest BCUT2D eigenvalue weighted by atomic mass is 19.1. The van der Waals surface area contributed by atoms with Crippen LogP contribution in [0.1, 0.15) is 37.8 Å². The summed E-state index contributed by atoms with van der Waals surface area (Å²) in [6.45, 7) is 1.70. The summed E-state index contributed by atoms with van der Waals surface area (Å²) in [5.74, 6) is -1.15. The van der Waals surface area contributed by atoms with Gasteiger partial charge in [0.25, 0.3) is 0 Å². The molecule has 0 bridgehead atoms. The maximum absolute atomic E-state index is 13.8. The fourth-order valence-corrected chi connectivity index (χ4v) is 2.76. The van der Waals surface area contributed by atoms with Crippen molar-refractivity contribution < 1.29 is 13.6 Å². The van der Waals surface area contributed by atoms with Gasteiger partial charge in [0.1, 0.15) is 11.6 Å². The zero-order valence-electron chi connectivity index (χ0n) is 11.8. The molecule has 0 unspecified atom stereocenters. The average Bonchev–Trinajstić information content (AvgIpc) is 2.85. The van der Waals surface area contributed by atoms with E-state index < -0.39 is 17.7 Å². The van der Waals surface area contributed by atoms with Gasteiger partial charge in [-0.05, 0) is 44.4 Å². The minimum Gasteiger partial charge on any atom is -0.339 e. The molecule has 0 saturated heterocycles. The van der Waals surface area contributed by atoms with Gasteiger partial charge in [-0.25, -0.2) is 8.78 Å². The number of rotatable bonds is 3. The van der Waals surface area contributed by atoms with Crippen LogP contribution < -0.4 is 5.73 Å². The van der Waals surface area contributed by atoms with Crippen molar-refractivity contribution in [3.8, 4) is 0 Å². The van der Waals surface area contributed by atoms with E-state index in [4.69, 9.17) is 5.73 Å². The molecular formula is C15H20F2N2O. The fourth-order valence-electron chi connectivity index (χ4n) is 2.76. The largest absolute Gasteiger partial charge is 0.339 e. The Morgan fingerprint density at radius 2 is 2.10 bits per heavy atom. The molecular weight excluding hydrogens is 262 g/mol. The van der Waals surface area contributed by atoms with Gasteiger partial charge in [-0.2, -0.15) is 0 Å². The van der Waals surface area contributed by atoms with Crippen LogP contribution in [0.4, 0.5) is 8.78 Å². The molecule has 1 aromatic carbocycles. The van der Waals surface area contributed by atoms with E-state index in [-0.39, 0.29) is 23.4 Å². The number of nitrogens with two attached hydrogens (primary N) is 1. The van der Waals surface area contributed by atoms with E-state index >= 15 is 0 Å². The minimum atomic E-state index is -0.505. The van der Waals surface area contributed by atoms with Crippen molar-refractivity contribution in [3.63, 3.8) is 0 Å². The smallest absolute Gasteiger partial charge is 0.225 e. The van der Waals surface area contributed by atoms with Crippen LogP contribution in [-0.4, -0.2) is 23.9 Å². The Bertz CT molecular complexity index is 507. The quantitative estimate of drug-likeness (QED) is 0.926. The Balaban J connectivity index is 2.13. The van der Waals surface area contributed by atoms with Gasteiger partial charge in [-0.3, -0.25) is 4.79 Å². The molecule has 2 N–H and O–H groups in total. The predicted octanol–water partition coefficient (Wildman–Crippen LogP) is 2.61. The van der Waals surface area contributed by atoms with Gasteiger partial charge in [0.05, 0.1) is 6.04 Å². The second-order valence-corrected chi connectivity index (χ2v) is 5.56. The van der Waals surface area contributed by atoms with Gasteiger partial charge in [0.15, 0.2) is 0 Å². The third kappa shape index (κ3) is 2.98. The van der Waals surface area contributed by atoms with E-state index in [0.717, 1.165) is 31.0 Å². The lowest BCUT2D eigenvalue weighted by Crippen LogP contribution is -2.35. The van der Waals surface area contributed by atoms with Crippen molar-refractivity contribution in [3.05, 3.63) is 35.4 Å². The lowest BCUT2D eigenvalue weighted by Gasteiger charge is -2.28. The first-order chi connectivity index (χ1) is 9.40. The zero-order valence-corrected chi connectivity index (χ0v) is 11.8. The normalized spacial score (nSPS) is 23.6. The highest BCUT2D eigenvalue weighted by Crippen LogP contribution is 2.30. The first-order valence-corrected chi connectivity index (χ1v) is 6.87. The molecule has 1 aromatic rings. The van der Waals surface area contributed by atoms with Crippen LogP contribution in [0.2, 0.25) is 0 Å². The van der Waals surface area contributed by atoms with Crippen LogP contribution in [0, 0.1) is 17.6 Å². The van der Waals surface area contributed by atoms with Crippen LogP contribution in [0.5, 0.6) is 0 Å². The zero-order chi connectivity index (χ0) is 14.9. The fraction of sp³-hybridized carbons (Fsp3) is 0.533. The van der Waals surface area contributed by atoms with Gasteiger partial charge in [-0.1, -0.05) is 0 Å². The molecule has 20 heavy (non-hydrogen) atoms. The van der Waals surface area contributed by atoms with E-state index in [1.165, 1.54) is 4.90 Å². The first-order valence-electron chi connectivity index (χ1n) is 6.87. The van der Waals surface area contributed by atoms with Crippen LogP contribution in [0.15, 0.2) is 18.2 Å². The molecule has 1 aliphatic carbocycles. The Labute approximate surface area is 117 Å². The third-order valence-electron chi connectivity index (χ3n) is 4.16. The molecule has 1 saturated carbocycles. The van der Waals surface area contributed by atoms with Crippen molar-refractivity contribution in [1.29, 1.82) is 0 Å². The monoisotopic (exact) mass is 282 g/mol. The number of carbonyl (C=O) groups is 1. The molecule has 1 aliphatic rings. The van der Waals surface area contributed by atoms with Crippen LogP contribution in [0.25, 0.3) is 0 Å².